The maximum Gasteiger partial charge on any atom is 0.130 e. The van der Waals surface area contributed by atoms with Crippen LogP contribution in [0.25, 0.3) is 0 Å². The molecule has 3 nitrogen and oxygen atoms in total. The average Bonchev–Trinajstić information content (AvgIpc) is 2.44. The average molecular weight is 284 g/mol. The van der Waals surface area contributed by atoms with Gasteiger partial charge in [0.2, 0.25) is 0 Å². The highest BCUT2D eigenvalue weighted by Crippen LogP contribution is 2.17. The lowest BCUT2D eigenvalue weighted by molar-refractivity contribution is 0.146. The van der Waals surface area contributed by atoms with Crippen LogP contribution in [0.1, 0.15) is 18.4 Å². The van der Waals surface area contributed by atoms with Gasteiger partial charge in [-0.3, -0.25) is 0 Å². The summed E-state index contributed by atoms with van der Waals surface area (Å²) < 4.78 is 26.9. The lowest BCUT2D eigenvalue weighted by Crippen LogP contribution is -2.38. The maximum atomic E-state index is 13.4. The van der Waals surface area contributed by atoms with Gasteiger partial charge in [-0.1, -0.05) is 6.07 Å². The van der Waals surface area contributed by atoms with Gasteiger partial charge < -0.3 is 15.3 Å². The number of hydrogen-bond donors (Lipinski definition) is 2. The van der Waals surface area contributed by atoms with Crippen LogP contribution in [0, 0.1) is 17.6 Å². The SMILES string of the molecule is OCCN1CCC(CNCc2c(F)cccc2F)CC1. The fourth-order valence-corrected chi connectivity index (χ4v) is 2.66. The van der Waals surface area contributed by atoms with Gasteiger partial charge in [0.25, 0.3) is 0 Å². The van der Waals surface area contributed by atoms with Gasteiger partial charge in [-0.05, 0) is 50.5 Å². The second-order valence-corrected chi connectivity index (χ2v) is 5.34. The summed E-state index contributed by atoms with van der Waals surface area (Å²) in [6.45, 7) is 3.92. The quantitative estimate of drug-likeness (QED) is 0.835. The molecular weight excluding hydrogens is 262 g/mol. The van der Waals surface area contributed by atoms with Gasteiger partial charge in [-0.2, -0.15) is 0 Å². The minimum atomic E-state index is -0.490. The fraction of sp³-hybridized carbons (Fsp3) is 0.600. The number of nitrogens with zero attached hydrogens (tertiary/aromatic N) is 1. The third-order valence-electron chi connectivity index (χ3n) is 3.92. The van der Waals surface area contributed by atoms with Crippen LogP contribution in [-0.2, 0) is 6.54 Å². The molecule has 2 N–H and O–H groups in total. The van der Waals surface area contributed by atoms with Gasteiger partial charge in [-0.15, -0.1) is 0 Å². The Balaban J connectivity index is 1.72. The molecule has 1 aromatic rings. The van der Waals surface area contributed by atoms with Crippen LogP contribution in [0.2, 0.25) is 0 Å². The van der Waals surface area contributed by atoms with Crippen LogP contribution in [0.15, 0.2) is 18.2 Å². The molecule has 0 radical (unpaired) electrons. The molecule has 0 saturated carbocycles. The van der Waals surface area contributed by atoms with E-state index in [9.17, 15) is 8.78 Å². The van der Waals surface area contributed by atoms with Crippen LogP contribution < -0.4 is 5.32 Å². The van der Waals surface area contributed by atoms with Crippen molar-refractivity contribution < 1.29 is 13.9 Å². The summed E-state index contributed by atoms with van der Waals surface area (Å²) in [5.74, 6) is -0.440. The van der Waals surface area contributed by atoms with E-state index in [1.54, 1.807) is 0 Å². The second kappa shape index (κ2) is 7.67. The molecule has 20 heavy (non-hydrogen) atoms. The fourth-order valence-electron chi connectivity index (χ4n) is 2.66. The molecule has 1 heterocycles. The number of β-amino-alcohol motifs (C(OH)–C–C–N with tert-alkyl or cyclic N) is 1. The molecule has 1 aromatic carbocycles. The first kappa shape index (κ1) is 15.4. The smallest absolute Gasteiger partial charge is 0.130 e. The summed E-state index contributed by atoms with van der Waals surface area (Å²) in [5.41, 5.74) is 0.116. The standard InChI is InChI=1S/C15H22F2N2O/c16-14-2-1-3-15(17)13(14)11-18-10-12-4-6-19(7-5-12)8-9-20/h1-3,12,18,20H,4-11H2. The van der Waals surface area contributed by atoms with E-state index >= 15 is 0 Å². The number of piperidine rings is 1. The number of hydrogen-bond acceptors (Lipinski definition) is 3. The third-order valence-corrected chi connectivity index (χ3v) is 3.92. The maximum absolute atomic E-state index is 13.4. The first-order valence-electron chi connectivity index (χ1n) is 7.17. The van der Waals surface area contributed by atoms with Crippen molar-refractivity contribution >= 4 is 0 Å². The topological polar surface area (TPSA) is 35.5 Å². The zero-order chi connectivity index (χ0) is 14.4. The van der Waals surface area contributed by atoms with Crippen LogP contribution in [0.4, 0.5) is 8.78 Å². The molecule has 0 atom stereocenters. The molecule has 0 spiro atoms. The Labute approximate surface area is 118 Å². The Kier molecular flexibility index (Phi) is 5.88. The number of likely N-dealkylation sites (tertiary alicyclic amines) is 1. The Morgan fingerprint density at radius 3 is 2.45 bits per heavy atom. The molecule has 2 rings (SSSR count). The summed E-state index contributed by atoms with van der Waals surface area (Å²) >= 11 is 0. The molecule has 0 amide bonds. The van der Waals surface area contributed by atoms with E-state index in [1.807, 2.05) is 0 Å². The molecule has 0 unspecified atom stereocenters. The third kappa shape index (κ3) is 4.23. The molecule has 5 heteroatoms. The van der Waals surface area contributed by atoms with Gasteiger partial charge >= 0.3 is 0 Å². The Morgan fingerprint density at radius 2 is 1.85 bits per heavy atom. The summed E-state index contributed by atoms with van der Waals surface area (Å²) in [6, 6.07) is 3.95. The number of halogens is 2. The normalized spacial score (nSPS) is 17.6. The first-order valence-corrected chi connectivity index (χ1v) is 7.17. The number of nitrogens with one attached hydrogen (secondary N) is 1. The summed E-state index contributed by atoms with van der Waals surface area (Å²) in [6.07, 6.45) is 2.12. The van der Waals surface area contributed by atoms with E-state index in [2.05, 4.69) is 10.2 Å². The van der Waals surface area contributed by atoms with Crippen molar-refractivity contribution in [3.05, 3.63) is 35.4 Å². The van der Waals surface area contributed by atoms with E-state index in [1.165, 1.54) is 18.2 Å². The lowest BCUT2D eigenvalue weighted by atomic mass is 9.96. The minimum Gasteiger partial charge on any atom is -0.395 e. The largest absolute Gasteiger partial charge is 0.395 e. The molecule has 0 aliphatic carbocycles. The first-order chi connectivity index (χ1) is 9.70. The van der Waals surface area contributed by atoms with Crippen molar-refractivity contribution in [1.82, 2.24) is 10.2 Å². The van der Waals surface area contributed by atoms with Crippen molar-refractivity contribution in [2.45, 2.75) is 19.4 Å². The number of benzene rings is 1. The van der Waals surface area contributed by atoms with E-state index in [4.69, 9.17) is 5.11 Å². The second-order valence-electron chi connectivity index (χ2n) is 5.34. The van der Waals surface area contributed by atoms with Crippen LogP contribution in [0.3, 0.4) is 0 Å². The van der Waals surface area contributed by atoms with E-state index < -0.39 is 11.6 Å². The van der Waals surface area contributed by atoms with Crippen LogP contribution >= 0.6 is 0 Å². The van der Waals surface area contributed by atoms with E-state index in [0.717, 1.165) is 39.0 Å². The molecule has 1 fully saturated rings. The van der Waals surface area contributed by atoms with Crippen molar-refractivity contribution in [2.75, 3.05) is 32.8 Å². The number of aliphatic hydroxyl groups excluding tert-OH is 1. The molecule has 1 saturated heterocycles. The number of rotatable bonds is 6. The van der Waals surface area contributed by atoms with Crippen molar-refractivity contribution in [3.8, 4) is 0 Å². The van der Waals surface area contributed by atoms with E-state index in [-0.39, 0.29) is 18.7 Å². The highest BCUT2D eigenvalue weighted by Gasteiger charge is 2.18. The van der Waals surface area contributed by atoms with E-state index in [0.29, 0.717) is 5.92 Å². The Hall–Kier alpha value is -1.04. The van der Waals surface area contributed by atoms with Gasteiger partial charge in [0.05, 0.1) is 6.61 Å². The molecule has 112 valence electrons. The Bertz CT molecular complexity index is 400. The summed E-state index contributed by atoms with van der Waals surface area (Å²) in [5, 5.41) is 12.0. The van der Waals surface area contributed by atoms with Crippen molar-refractivity contribution in [3.63, 3.8) is 0 Å². The van der Waals surface area contributed by atoms with Gasteiger partial charge in [0, 0.05) is 18.7 Å². The monoisotopic (exact) mass is 284 g/mol. The van der Waals surface area contributed by atoms with Gasteiger partial charge in [-0.25, -0.2) is 8.78 Å². The van der Waals surface area contributed by atoms with Crippen LogP contribution in [0.5, 0.6) is 0 Å². The van der Waals surface area contributed by atoms with Crippen molar-refractivity contribution in [2.24, 2.45) is 5.92 Å². The van der Waals surface area contributed by atoms with Gasteiger partial charge in [0.15, 0.2) is 0 Å². The highest BCUT2D eigenvalue weighted by molar-refractivity contribution is 5.19. The predicted molar refractivity (Wildman–Crippen MR) is 74.3 cm³/mol. The molecule has 1 aliphatic rings. The van der Waals surface area contributed by atoms with Crippen molar-refractivity contribution in [1.29, 1.82) is 0 Å². The zero-order valence-electron chi connectivity index (χ0n) is 11.6. The van der Waals surface area contributed by atoms with Gasteiger partial charge in [0.1, 0.15) is 11.6 Å². The zero-order valence-corrected chi connectivity index (χ0v) is 11.6. The molecular formula is C15H22F2N2O. The molecule has 0 aromatic heterocycles. The summed E-state index contributed by atoms with van der Waals surface area (Å²) in [4.78, 5) is 2.24. The van der Waals surface area contributed by atoms with Crippen LogP contribution in [-0.4, -0.2) is 42.8 Å². The Morgan fingerprint density at radius 1 is 1.20 bits per heavy atom. The predicted octanol–water partition coefficient (Wildman–Crippen LogP) is 1.76. The lowest BCUT2D eigenvalue weighted by Gasteiger charge is -2.31. The summed E-state index contributed by atoms with van der Waals surface area (Å²) in [7, 11) is 0. The number of aliphatic hydroxyl groups is 1. The molecule has 0 bridgehead atoms. The minimum absolute atomic E-state index is 0.116. The molecule has 1 aliphatic heterocycles. The highest BCUT2D eigenvalue weighted by atomic mass is 19.1.